The van der Waals surface area contributed by atoms with Gasteiger partial charge in [0, 0.05) is 26.1 Å². The number of rotatable bonds is 7. The van der Waals surface area contributed by atoms with Crippen molar-refractivity contribution in [3.8, 4) is 0 Å². The maximum Gasteiger partial charge on any atom is 0.226 e. The van der Waals surface area contributed by atoms with Crippen LogP contribution >= 0.6 is 0 Å². The lowest BCUT2D eigenvalue weighted by Gasteiger charge is -2.30. The van der Waals surface area contributed by atoms with Crippen LogP contribution in [0.15, 0.2) is 0 Å². The topological polar surface area (TPSA) is 41.6 Å². The molecule has 2 unspecified atom stereocenters. The molecule has 4 heteroatoms. The third-order valence-electron chi connectivity index (χ3n) is 2.50. The predicted molar refractivity (Wildman–Crippen MR) is 61.8 cm³/mol. The number of carbonyl (C=O) groups excluding carboxylic acids is 1. The van der Waals surface area contributed by atoms with Crippen molar-refractivity contribution in [1.29, 1.82) is 0 Å². The van der Waals surface area contributed by atoms with Crippen LogP contribution in [0.1, 0.15) is 20.8 Å². The SMILES string of the molecule is CCN(C(=O)C(C)CNC)C(C)COC. The van der Waals surface area contributed by atoms with Gasteiger partial charge in [0.25, 0.3) is 0 Å². The first-order chi connectivity index (χ1) is 7.08. The van der Waals surface area contributed by atoms with Crippen LogP contribution in [0.2, 0.25) is 0 Å². The molecule has 0 saturated carbocycles. The highest BCUT2D eigenvalue weighted by Gasteiger charge is 2.22. The van der Waals surface area contributed by atoms with Gasteiger partial charge in [0.05, 0.1) is 12.6 Å². The van der Waals surface area contributed by atoms with Gasteiger partial charge in [-0.15, -0.1) is 0 Å². The number of carbonyl (C=O) groups is 1. The smallest absolute Gasteiger partial charge is 0.226 e. The van der Waals surface area contributed by atoms with E-state index in [4.69, 9.17) is 4.74 Å². The van der Waals surface area contributed by atoms with Crippen LogP contribution < -0.4 is 5.32 Å². The number of hydrogen-bond acceptors (Lipinski definition) is 3. The normalized spacial score (nSPS) is 14.7. The first kappa shape index (κ1) is 14.4. The van der Waals surface area contributed by atoms with Crippen LogP contribution in [-0.2, 0) is 9.53 Å². The molecule has 1 amide bonds. The zero-order valence-corrected chi connectivity index (χ0v) is 10.5. The van der Waals surface area contributed by atoms with Crippen molar-refractivity contribution in [2.75, 3.05) is 33.9 Å². The summed E-state index contributed by atoms with van der Waals surface area (Å²) in [6.45, 7) is 7.99. The van der Waals surface area contributed by atoms with Gasteiger partial charge < -0.3 is 15.0 Å². The molecule has 0 saturated heterocycles. The van der Waals surface area contributed by atoms with Crippen molar-refractivity contribution in [1.82, 2.24) is 10.2 Å². The molecule has 0 heterocycles. The molecular weight excluding hydrogens is 192 g/mol. The zero-order valence-electron chi connectivity index (χ0n) is 10.5. The minimum Gasteiger partial charge on any atom is -0.383 e. The Bertz CT molecular complexity index is 185. The fraction of sp³-hybridized carbons (Fsp3) is 0.909. The van der Waals surface area contributed by atoms with E-state index in [-0.39, 0.29) is 17.9 Å². The van der Waals surface area contributed by atoms with E-state index in [1.807, 2.05) is 32.7 Å². The van der Waals surface area contributed by atoms with E-state index in [9.17, 15) is 4.79 Å². The second kappa shape index (κ2) is 7.65. The Labute approximate surface area is 93.0 Å². The minimum atomic E-state index is 0.0225. The lowest BCUT2D eigenvalue weighted by atomic mass is 10.1. The number of ether oxygens (including phenoxy) is 1. The molecule has 0 radical (unpaired) electrons. The Morgan fingerprint density at radius 1 is 1.47 bits per heavy atom. The highest BCUT2D eigenvalue weighted by atomic mass is 16.5. The second-order valence-corrected chi connectivity index (χ2v) is 3.89. The maximum atomic E-state index is 12.0. The Hall–Kier alpha value is -0.610. The Balaban J connectivity index is 4.32. The summed E-state index contributed by atoms with van der Waals surface area (Å²) in [4.78, 5) is 13.9. The fourth-order valence-corrected chi connectivity index (χ4v) is 1.69. The molecule has 0 aromatic rings. The average molecular weight is 216 g/mol. The average Bonchev–Trinajstić information content (AvgIpc) is 2.19. The van der Waals surface area contributed by atoms with Crippen molar-refractivity contribution in [3.63, 3.8) is 0 Å². The first-order valence-electron chi connectivity index (χ1n) is 5.52. The number of amides is 1. The summed E-state index contributed by atoms with van der Waals surface area (Å²) < 4.78 is 5.07. The second-order valence-electron chi connectivity index (χ2n) is 3.89. The molecule has 4 nitrogen and oxygen atoms in total. The highest BCUT2D eigenvalue weighted by Crippen LogP contribution is 2.06. The van der Waals surface area contributed by atoms with Gasteiger partial charge in [-0.3, -0.25) is 4.79 Å². The largest absolute Gasteiger partial charge is 0.383 e. The van der Waals surface area contributed by atoms with E-state index in [2.05, 4.69) is 5.32 Å². The van der Waals surface area contributed by atoms with Crippen molar-refractivity contribution in [2.45, 2.75) is 26.8 Å². The van der Waals surface area contributed by atoms with Gasteiger partial charge in [0.1, 0.15) is 0 Å². The van der Waals surface area contributed by atoms with E-state index in [0.717, 1.165) is 13.1 Å². The van der Waals surface area contributed by atoms with Crippen molar-refractivity contribution in [3.05, 3.63) is 0 Å². The van der Waals surface area contributed by atoms with Crippen molar-refractivity contribution in [2.24, 2.45) is 5.92 Å². The molecule has 0 aliphatic heterocycles. The third kappa shape index (κ3) is 4.62. The number of hydrogen-bond donors (Lipinski definition) is 1. The van der Waals surface area contributed by atoms with Crippen LogP contribution in [0.5, 0.6) is 0 Å². The van der Waals surface area contributed by atoms with E-state index < -0.39 is 0 Å². The monoisotopic (exact) mass is 216 g/mol. The number of methoxy groups -OCH3 is 1. The van der Waals surface area contributed by atoms with Gasteiger partial charge in [-0.25, -0.2) is 0 Å². The summed E-state index contributed by atoms with van der Waals surface area (Å²) in [5, 5.41) is 3.02. The number of nitrogens with one attached hydrogen (secondary N) is 1. The highest BCUT2D eigenvalue weighted by molar-refractivity contribution is 5.79. The van der Waals surface area contributed by atoms with Crippen LogP contribution in [-0.4, -0.2) is 50.7 Å². The molecule has 15 heavy (non-hydrogen) atoms. The molecule has 0 aliphatic carbocycles. The first-order valence-corrected chi connectivity index (χ1v) is 5.52. The fourth-order valence-electron chi connectivity index (χ4n) is 1.69. The molecule has 90 valence electrons. The molecule has 0 aromatic carbocycles. The van der Waals surface area contributed by atoms with Crippen LogP contribution in [0.4, 0.5) is 0 Å². The summed E-state index contributed by atoms with van der Waals surface area (Å²) in [6.07, 6.45) is 0. The van der Waals surface area contributed by atoms with Gasteiger partial charge in [-0.2, -0.15) is 0 Å². The van der Waals surface area contributed by atoms with Crippen LogP contribution in [0.25, 0.3) is 0 Å². The lowest BCUT2D eigenvalue weighted by Crippen LogP contribution is -2.45. The molecule has 0 rings (SSSR count). The lowest BCUT2D eigenvalue weighted by molar-refractivity contribution is -0.137. The molecule has 0 aliphatic rings. The van der Waals surface area contributed by atoms with Crippen LogP contribution in [0.3, 0.4) is 0 Å². The summed E-state index contributed by atoms with van der Waals surface area (Å²) in [5.41, 5.74) is 0. The van der Waals surface area contributed by atoms with Crippen molar-refractivity contribution >= 4 is 5.91 Å². The predicted octanol–water partition coefficient (Wildman–Crippen LogP) is 0.725. The number of likely N-dealkylation sites (N-methyl/N-ethyl adjacent to an activating group) is 1. The number of nitrogens with zero attached hydrogens (tertiary/aromatic N) is 1. The third-order valence-corrected chi connectivity index (χ3v) is 2.50. The Kier molecular flexibility index (Phi) is 7.34. The summed E-state index contributed by atoms with van der Waals surface area (Å²) in [5.74, 6) is 0.214. The quantitative estimate of drug-likeness (QED) is 0.682. The van der Waals surface area contributed by atoms with E-state index in [1.165, 1.54) is 0 Å². The van der Waals surface area contributed by atoms with Gasteiger partial charge in [-0.1, -0.05) is 6.92 Å². The minimum absolute atomic E-state index is 0.0225. The molecule has 0 aromatic heterocycles. The van der Waals surface area contributed by atoms with Crippen molar-refractivity contribution < 1.29 is 9.53 Å². The summed E-state index contributed by atoms with van der Waals surface area (Å²) in [7, 11) is 3.52. The van der Waals surface area contributed by atoms with Gasteiger partial charge in [0.15, 0.2) is 0 Å². The van der Waals surface area contributed by atoms with E-state index in [1.54, 1.807) is 7.11 Å². The molecule has 1 N–H and O–H groups in total. The molecule has 0 fully saturated rings. The van der Waals surface area contributed by atoms with Gasteiger partial charge in [-0.05, 0) is 20.9 Å². The Morgan fingerprint density at radius 2 is 2.07 bits per heavy atom. The standard InChI is InChI=1S/C11H24N2O2/c1-6-13(10(3)8-15-5)11(14)9(2)7-12-4/h9-10,12H,6-8H2,1-5H3. The molecule has 2 atom stereocenters. The van der Waals surface area contributed by atoms with Gasteiger partial charge in [0.2, 0.25) is 5.91 Å². The maximum absolute atomic E-state index is 12.0. The molecule has 0 bridgehead atoms. The summed E-state index contributed by atoms with van der Waals surface area (Å²) in [6, 6.07) is 0.145. The van der Waals surface area contributed by atoms with Gasteiger partial charge >= 0.3 is 0 Å². The van der Waals surface area contributed by atoms with Crippen LogP contribution in [0, 0.1) is 5.92 Å². The Morgan fingerprint density at radius 3 is 2.47 bits per heavy atom. The molecule has 0 spiro atoms. The molecular formula is C11H24N2O2. The van der Waals surface area contributed by atoms with E-state index in [0.29, 0.717) is 6.61 Å². The zero-order chi connectivity index (χ0) is 11.8. The summed E-state index contributed by atoms with van der Waals surface area (Å²) >= 11 is 0. The van der Waals surface area contributed by atoms with E-state index >= 15 is 0 Å².